The van der Waals surface area contributed by atoms with Crippen molar-refractivity contribution in [2.24, 2.45) is 10.9 Å². The van der Waals surface area contributed by atoms with Gasteiger partial charge >= 0.3 is 0 Å². The molecule has 1 saturated heterocycles. The minimum absolute atomic E-state index is 0. The van der Waals surface area contributed by atoms with Gasteiger partial charge in [-0.3, -0.25) is 4.99 Å². The number of hydrogen-bond acceptors (Lipinski definition) is 3. The SMILES string of the molecule is CN=C(NCc1cccc(N(C)C)c1)N1CCC(C)C(n2ccnc2)C1.I. The Balaban J connectivity index is 0.00000261. The summed E-state index contributed by atoms with van der Waals surface area (Å²) in [4.78, 5) is 13.2. The lowest BCUT2D eigenvalue weighted by molar-refractivity contribution is 0.189. The zero-order chi connectivity index (χ0) is 18.5. The van der Waals surface area contributed by atoms with Crippen molar-refractivity contribution in [3.63, 3.8) is 0 Å². The van der Waals surface area contributed by atoms with Gasteiger partial charge in [0.25, 0.3) is 0 Å². The van der Waals surface area contributed by atoms with E-state index in [4.69, 9.17) is 0 Å². The number of benzene rings is 1. The van der Waals surface area contributed by atoms with Crippen LogP contribution in [0.5, 0.6) is 0 Å². The fourth-order valence-corrected chi connectivity index (χ4v) is 3.55. The van der Waals surface area contributed by atoms with Gasteiger partial charge in [-0.2, -0.15) is 0 Å². The van der Waals surface area contributed by atoms with Gasteiger partial charge in [0.15, 0.2) is 5.96 Å². The predicted octanol–water partition coefficient (Wildman–Crippen LogP) is 3.23. The van der Waals surface area contributed by atoms with Gasteiger partial charge in [0.2, 0.25) is 0 Å². The monoisotopic (exact) mass is 482 g/mol. The van der Waals surface area contributed by atoms with Crippen LogP contribution in [-0.4, -0.2) is 54.6 Å². The zero-order valence-corrected chi connectivity index (χ0v) is 19.0. The molecule has 1 N–H and O–H groups in total. The van der Waals surface area contributed by atoms with Crippen LogP contribution in [0.15, 0.2) is 48.0 Å². The topological polar surface area (TPSA) is 48.7 Å². The van der Waals surface area contributed by atoms with E-state index in [9.17, 15) is 0 Å². The lowest BCUT2D eigenvalue weighted by atomic mass is 9.93. The minimum Gasteiger partial charge on any atom is -0.378 e. The summed E-state index contributed by atoms with van der Waals surface area (Å²) >= 11 is 0. The molecule has 3 rings (SSSR count). The van der Waals surface area contributed by atoms with E-state index >= 15 is 0 Å². The van der Waals surface area contributed by atoms with E-state index < -0.39 is 0 Å². The maximum absolute atomic E-state index is 4.52. The molecule has 1 aliphatic heterocycles. The van der Waals surface area contributed by atoms with Crippen molar-refractivity contribution in [1.82, 2.24) is 19.8 Å². The lowest BCUT2D eigenvalue weighted by Gasteiger charge is -2.39. The van der Waals surface area contributed by atoms with Gasteiger partial charge in [0.1, 0.15) is 0 Å². The number of aromatic nitrogens is 2. The van der Waals surface area contributed by atoms with Crippen LogP contribution >= 0.6 is 24.0 Å². The Morgan fingerprint density at radius 2 is 2.19 bits per heavy atom. The molecule has 148 valence electrons. The first-order valence-corrected chi connectivity index (χ1v) is 9.27. The second kappa shape index (κ2) is 9.96. The summed E-state index contributed by atoms with van der Waals surface area (Å²) in [5.74, 6) is 1.60. The van der Waals surface area contributed by atoms with Gasteiger partial charge in [0, 0.05) is 58.9 Å². The Hall–Kier alpha value is -1.77. The van der Waals surface area contributed by atoms with Crippen LogP contribution in [-0.2, 0) is 6.54 Å². The highest BCUT2D eigenvalue weighted by molar-refractivity contribution is 14.0. The lowest BCUT2D eigenvalue weighted by Crippen LogP contribution is -2.48. The van der Waals surface area contributed by atoms with E-state index in [1.807, 2.05) is 19.6 Å². The molecule has 2 aromatic rings. The van der Waals surface area contributed by atoms with Crippen LogP contribution in [0, 0.1) is 5.92 Å². The molecule has 27 heavy (non-hydrogen) atoms. The molecule has 1 aromatic carbocycles. The van der Waals surface area contributed by atoms with E-state index in [0.717, 1.165) is 32.0 Å². The van der Waals surface area contributed by atoms with Crippen LogP contribution in [0.2, 0.25) is 0 Å². The summed E-state index contributed by atoms with van der Waals surface area (Å²) in [6, 6.07) is 9.03. The maximum Gasteiger partial charge on any atom is 0.193 e. The third kappa shape index (κ3) is 5.37. The molecule has 1 aromatic heterocycles. The maximum atomic E-state index is 4.52. The third-order valence-corrected chi connectivity index (χ3v) is 5.22. The van der Waals surface area contributed by atoms with E-state index in [1.165, 1.54) is 11.3 Å². The zero-order valence-electron chi connectivity index (χ0n) is 16.7. The first-order chi connectivity index (χ1) is 12.6. The van der Waals surface area contributed by atoms with Gasteiger partial charge in [-0.05, 0) is 30.0 Å². The highest BCUT2D eigenvalue weighted by Gasteiger charge is 2.28. The van der Waals surface area contributed by atoms with Crippen LogP contribution in [0.1, 0.15) is 24.9 Å². The largest absolute Gasteiger partial charge is 0.378 e. The van der Waals surface area contributed by atoms with Crippen molar-refractivity contribution in [3.8, 4) is 0 Å². The van der Waals surface area contributed by atoms with E-state index in [-0.39, 0.29) is 24.0 Å². The summed E-state index contributed by atoms with van der Waals surface area (Å²) < 4.78 is 2.23. The molecule has 1 aliphatic rings. The molecule has 0 radical (unpaired) electrons. The first-order valence-electron chi connectivity index (χ1n) is 9.27. The van der Waals surface area contributed by atoms with Gasteiger partial charge in [-0.15, -0.1) is 24.0 Å². The third-order valence-electron chi connectivity index (χ3n) is 5.22. The fourth-order valence-electron chi connectivity index (χ4n) is 3.55. The molecule has 2 atom stereocenters. The Morgan fingerprint density at radius 1 is 1.37 bits per heavy atom. The van der Waals surface area contributed by atoms with Crippen molar-refractivity contribution in [2.75, 3.05) is 39.1 Å². The summed E-state index contributed by atoms with van der Waals surface area (Å²) in [5.41, 5.74) is 2.47. The molecule has 7 heteroatoms. The molecule has 0 aliphatic carbocycles. The number of nitrogens with zero attached hydrogens (tertiary/aromatic N) is 5. The second-order valence-electron chi connectivity index (χ2n) is 7.25. The highest BCUT2D eigenvalue weighted by atomic mass is 127. The van der Waals surface area contributed by atoms with Crippen molar-refractivity contribution in [3.05, 3.63) is 48.5 Å². The van der Waals surface area contributed by atoms with Crippen LogP contribution in [0.4, 0.5) is 5.69 Å². The summed E-state index contributed by atoms with van der Waals surface area (Å²) in [5, 5.41) is 3.53. The highest BCUT2D eigenvalue weighted by Crippen LogP contribution is 2.27. The average molecular weight is 482 g/mol. The van der Waals surface area contributed by atoms with Gasteiger partial charge in [-0.1, -0.05) is 19.1 Å². The summed E-state index contributed by atoms with van der Waals surface area (Å²) in [6.07, 6.45) is 7.00. The molecular weight excluding hydrogens is 451 g/mol. The number of aliphatic imine (C=N–C) groups is 1. The molecular formula is C20H31IN6. The molecule has 6 nitrogen and oxygen atoms in total. The second-order valence-corrected chi connectivity index (χ2v) is 7.25. The minimum atomic E-state index is 0. The molecule has 0 bridgehead atoms. The number of anilines is 1. The molecule has 0 amide bonds. The fraction of sp³-hybridized carbons (Fsp3) is 0.500. The number of nitrogens with one attached hydrogen (secondary N) is 1. The molecule has 0 spiro atoms. The van der Waals surface area contributed by atoms with Crippen molar-refractivity contribution >= 4 is 35.6 Å². The van der Waals surface area contributed by atoms with E-state index in [2.05, 4.69) is 81.1 Å². The Morgan fingerprint density at radius 3 is 2.85 bits per heavy atom. The number of hydrogen-bond donors (Lipinski definition) is 1. The number of likely N-dealkylation sites (tertiary alicyclic amines) is 1. The normalized spacial score (nSPS) is 20.1. The summed E-state index contributed by atoms with van der Waals surface area (Å²) in [6.45, 7) is 5.08. The average Bonchev–Trinajstić information content (AvgIpc) is 3.18. The quantitative estimate of drug-likeness (QED) is 0.413. The van der Waals surface area contributed by atoms with E-state index in [0.29, 0.717) is 12.0 Å². The van der Waals surface area contributed by atoms with Crippen molar-refractivity contribution in [2.45, 2.75) is 25.9 Å². The first kappa shape index (κ1) is 21.5. The number of halogens is 1. The molecule has 2 unspecified atom stereocenters. The van der Waals surface area contributed by atoms with Crippen molar-refractivity contribution in [1.29, 1.82) is 0 Å². The number of imidazole rings is 1. The standard InChI is InChI=1S/C20H30N6.HI/c1-16-8-10-25(14-19(16)26-11-9-22-15-26)20(21-2)23-13-17-6-5-7-18(12-17)24(3)4;/h5-7,9,11-12,15-16,19H,8,10,13-14H2,1-4H3,(H,21,23);1H. The Labute approximate surface area is 179 Å². The van der Waals surface area contributed by atoms with Gasteiger partial charge < -0.3 is 19.7 Å². The van der Waals surface area contributed by atoms with Crippen LogP contribution in [0.25, 0.3) is 0 Å². The number of guanidine groups is 1. The Kier molecular flexibility index (Phi) is 7.94. The Bertz CT molecular complexity index is 728. The van der Waals surface area contributed by atoms with Gasteiger partial charge in [0.05, 0.1) is 12.4 Å². The van der Waals surface area contributed by atoms with E-state index in [1.54, 1.807) is 0 Å². The number of rotatable bonds is 4. The molecule has 2 heterocycles. The smallest absolute Gasteiger partial charge is 0.193 e. The van der Waals surface area contributed by atoms with Gasteiger partial charge in [-0.25, -0.2) is 4.98 Å². The number of piperidine rings is 1. The van der Waals surface area contributed by atoms with Crippen LogP contribution < -0.4 is 10.2 Å². The molecule has 0 saturated carbocycles. The van der Waals surface area contributed by atoms with Crippen LogP contribution in [0.3, 0.4) is 0 Å². The predicted molar refractivity (Wildman–Crippen MR) is 123 cm³/mol. The summed E-state index contributed by atoms with van der Waals surface area (Å²) in [7, 11) is 6.00. The van der Waals surface area contributed by atoms with Crippen molar-refractivity contribution < 1.29 is 0 Å². The molecule has 1 fully saturated rings.